The zero-order valence-corrected chi connectivity index (χ0v) is 13.8. The minimum Gasteiger partial charge on any atom is -0.314 e. The molecule has 2 saturated heterocycles. The third kappa shape index (κ3) is 3.06. The summed E-state index contributed by atoms with van der Waals surface area (Å²) >= 11 is 11.9. The maximum atomic E-state index is 12.6. The van der Waals surface area contributed by atoms with Crippen molar-refractivity contribution >= 4 is 33.2 Å². The molecule has 0 bridgehead atoms. The Balaban J connectivity index is 1.71. The largest absolute Gasteiger partial charge is 0.314 e. The summed E-state index contributed by atoms with van der Waals surface area (Å²) in [5, 5.41) is 3.88. The Morgan fingerprint density at radius 3 is 2.48 bits per heavy atom. The van der Waals surface area contributed by atoms with Gasteiger partial charge in [0.25, 0.3) is 0 Å². The minimum atomic E-state index is -3.55. The summed E-state index contributed by atoms with van der Waals surface area (Å²) in [7, 11) is -3.55. The summed E-state index contributed by atoms with van der Waals surface area (Å²) in [4.78, 5) is 2.43. The Kier molecular flexibility index (Phi) is 4.45. The van der Waals surface area contributed by atoms with Gasteiger partial charge in [-0.3, -0.25) is 4.90 Å². The topological polar surface area (TPSA) is 52.7 Å². The average molecular weight is 350 g/mol. The summed E-state index contributed by atoms with van der Waals surface area (Å²) < 4.78 is 26.6. The monoisotopic (exact) mass is 349 g/mol. The first kappa shape index (κ1) is 15.5. The zero-order valence-electron chi connectivity index (χ0n) is 11.4. The third-order valence-corrected chi connectivity index (χ3v) is 6.56. The van der Waals surface area contributed by atoms with Crippen molar-refractivity contribution < 1.29 is 8.42 Å². The second-order valence-electron chi connectivity index (χ2n) is 5.34. The second kappa shape index (κ2) is 6.02. The van der Waals surface area contributed by atoms with Gasteiger partial charge in [0.2, 0.25) is 10.0 Å². The predicted octanol–water partition coefficient (Wildman–Crippen LogP) is 1.27. The van der Waals surface area contributed by atoms with Crippen molar-refractivity contribution in [2.75, 3.05) is 39.3 Å². The first-order chi connectivity index (χ1) is 9.98. The van der Waals surface area contributed by atoms with Gasteiger partial charge in [-0.2, -0.15) is 4.31 Å². The Morgan fingerprint density at radius 1 is 1.14 bits per heavy atom. The van der Waals surface area contributed by atoms with Crippen LogP contribution in [0.25, 0.3) is 0 Å². The fourth-order valence-electron chi connectivity index (χ4n) is 2.71. The first-order valence-electron chi connectivity index (χ1n) is 6.88. The molecule has 0 atom stereocenters. The molecule has 5 nitrogen and oxygen atoms in total. The molecule has 2 heterocycles. The van der Waals surface area contributed by atoms with Crippen LogP contribution in [0.3, 0.4) is 0 Å². The van der Waals surface area contributed by atoms with Crippen molar-refractivity contribution in [3.8, 4) is 0 Å². The van der Waals surface area contributed by atoms with Crippen LogP contribution in [0.15, 0.2) is 23.1 Å². The van der Waals surface area contributed by atoms with Gasteiger partial charge in [0.15, 0.2) is 0 Å². The predicted molar refractivity (Wildman–Crippen MR) is 83.5 cm³/mol. The molecule has 0 radical (unpaired) electrons. The van der Waals surface area contributed by atoms with Crippen LogP contribution in [-0.2, 0) is 10.0 Å². The zero-order chi connectivity index (χ0) is 15.0. The van der Waals surface area contributed by atoms with Crippen LogP contribution < -0.4 is 5.32 Å². The van der Waals surface area contributed by atoms with Crippen molar-refractivity contribution in [1.29, 1.82) is 0 Å². The second-order valence-corrected chi connectivity index (χ2v) is 8.09. The normalized spacial score (nSPS) is 22.2. The molecule has 116 valence electrons. The number of nitrogens with one attached hydrogen (secondary N) is 1. The molecule has 0 aromatic heterocycles. The van der Waals surface area contributed by atoms with E-state index in [0.29, 0.717) is 24.2 Å². The number of halogens is 2. The van der Waals surface area contributed by atoms with Crippen LogP contribution in [0.4, 0.5) is 0 Å². The van der Waals surface area contributed by atoms with Crippen LogP contribution >= 0.6 is 23.2 Å². The molecule has 2 aliphatic heterocycles. The number of piperazine rings is 1. The molecule has 1 aromatic rings. The lowest BCUT2D eigenvalue weighted by atomic mass is 10.1. The van der Waals surface area contributed by atoms with E-state index in [2.05, 4.69) is 10.2 Å². The van der Waals surface area contributed by atoms with Crippen molar-refractivity contribution in [1.82, 2.24) is 14.5 Å². The summed E-state index contributed by atoms with van der Waals surface area (Å²) in [6, 6.07) is 4.82. The van der Waals surface area contributed by atoms with E-state index in [1.807, 2.05) is 0 Å². The molecule has 8 heteroatoms. The fraction of sp³-hybridized carbons (Fsp3) is 0.538. The number of hydrogen-bond donors (Lipinski definition) is 1. The van der Waals surface area contributed by atoms with Crippen molar-refractivity contribution in [3.63, 3.8) is 0 Å². The highest BCUT2D eigenvalue weighted by Crippen LogP contribution is 2.31. The van der Waals surface area contributed by atoms with Crippen LogP contribution in [0.2, 0.25) is 10.0 Å². The van der Waals surface area contributed by atoms with E-state index in [-0.39, 0.29) is 9.92 Å². The van der Waals surface area contributed by atoms with E-state index < -0.39 is 10.0 Å². The van der Waals surface area contributed by atoms with E-state index >= 15 is 0 Å². The van der Waals surface area contributed by atoms with Crippen molar-refractivity contribution in [2.45, 2.75) is 10.9 Å². The number of nitrogens with zero attached hydrogens (tertiary/aromatic N) is 2. The molecule has 0 saturated carbocycles. The van der Waals surface area contributed by atoms with Crippen LogP contribution in [0.5, 0.6) is 0 Å². The van der Waals surface area contributed by atoms with E-state index in [0.717, 1.165) is 26.2 Å². The quantitative estimate of drug-likeness (QED) is 0.892. The smallest absolute Gasteiger partial charge is 0.244 e. The number of rotatable bonds is 3. The highest BCUT2D eigenvalue weighted by molar-refractivity contribution is 7.89. The highest BCUT2D eigenvalue weighted by atomic mass is 35.5. The molecule has 2 aliphatic rings. The lowest BCUT2D eigenvalue weighted by Crippen LogP contribution is -2.63. The maximum absolute atomic E-state index is 12.6. The van der Waals surface area contributed by atoms with Gasteiger partial charge in [-0.25, -0.2) is 8.42 Å². The van der Waals surface area contributed by atoms with E-state index in [9.17, 15) is 8.42 Å². The summed E-state index contributed by atoms with van der Waals surface area (Å²) in [6.07, 6.45) is 0. The Morgan fingerprint density at radius 2 is 1.81 bits per heavy atom. The molecule has 2 fully saturated rings. The average Bonchev–Trinajstić information content (AvgIpc) is 2.40. The molecule has 0 spiro atoms. The molecule has 0 amide bonds. The molecular weight excluding hydrogens is 333 g/mol. The molecule has 21 heavy (non-hydrogen) atoms. The molecule has 0 aliphatic carbocycles. The summed E-state index contributed by atoms with van der Waals surface area (Å²) in [5.74, 6) is 0. The van der Waals surface area contributed by atoms with Crippen LogP contribution in [0, 0.1) is 0 Å². The Bertz CT molecular complexity index is 626. The third-order valence-electron chi connectivity index (χ3n) is 4.01. The number of benzene rings is 1. The lowest BCUT2D eigenvalue weighted by Gasteiger charge is -2.45. The molecule has 0 unspecified atom stereocenters. The van der Waals surface area contributed by atoms with Gasteiger partial charge >= 0.3 is 0 Å². The van der Waals surface area contributed by atoms with Crippen LogP contribution in [-0.4, -0.2) is 62.9 Å². The first-order valence-corrected chi connectivity index (χ1v) is 9.08. The standard InChI is InChI=1S/C13H17Cl2N3O2S/c14-10-1-2-12(15)13(7-10)21(19,20)18-8-11(9-18)17-5-3-16-4-6-17/h1-2,7,11,16H,3-6,8-9H2. The molecule has 3 rings (SSSR count). The maximum Gasteiger partial charge on any atom is 0.244 e. The summed E-state index contributed by atoms with van der Waals surface area (Å²) in [6.45, 7) is 4.90. The van der Waals surface area contributed by atoms with Gasteiger partial charge in [0.1, 0.15) is 4.90 Å². The SMILES string of the molecule is O=S(=O)(c1cc(Cl)ccc1Cl)N1CC(N2CCNCC2)C1. The Labute approximate surface area is 134 Å². The van der Waals surface area contributed by atoms with Gasteiger partial charge in [-0.05, 0) is 18.2 Å². The fourth-order valence-corrected chi connectivity index (χ4v) is 4.96. The highest BCUT2D eigenvalue weighted by Gasteiger charge is 2.40. The molecule has 1 aromatic carbocycles. The van der Waals surface area contributed by atoms with Gasteiger partial charge in [0, 0.05) is 50.3 Å². The van der Waals surface area contributed by atoms with E-state index in [1.165, 1.54) is 16.4 Å². The van der Waals surface area contributed by atoms with Gasteiger partial charge in [-0.15, -0.1) is 0 Å². The number of sulfonamides is 1. The molecule has 1 N–H and O–H groups in total. The van der Waals surface area contributed by atoms with Crippen LogP contribution in [0.1, 0.15) is 0 Å². The van der Waals surface area contributed by atoms with E-state index in [1.54, 1.807) is 6.07 Å². The summed E-state index contributed by atoms with van der Waals surface area (Å²) in [5.41, 5.74) is 0. The van der Waals surface area contributed by atoms with Crippen molar-refractivity contribution in [2.24, 2.45) is 0 Å². The lowest BCUT2D eigenvalue weighted by molar-refractivity contribution is 0.0773. The minimum absolute atomic E-state index is 0.0930. The molecular formula is C13H17Cl2N3O2S. The van der Waals surface area contributed by atoms with Gasteiger partial charge in [-0.1, -0.05) is 23.2 Å². The number of hydrogen-bond acceptors (Lipinski definition) is 4. The Hall–Kier alpha value is -0.370. The van der Waals surface area contributed by atoms with Crippen molar-refractivity contribution in [3.05, 3.63) is 28.2 Å². The van der Waals surface area contributed by atoms with E-state index in [4.69, 9.17) is 23.2 Å². The van der Waals surface area contributed by atoms with Gasteiger partial charge < -0.3 is 5.32 Å². The van der Waals surface area contributed by atoms with Gasteiger partial charge in [0.05, 0.1) is 5.02 Å².